The highest BCUT2D eigenvalue weighted by molar-refractivity contribution is 5.79. The van der Waals surface area contributed by atoms with E-state index < -0.39 is 12.2 Å². The maximum absolute atomic E-state index is 13.0. The van der Waals surface area contributed by atoms with Crippen LogP contribution in [0.3, 0.4) is 0 Å². The van der Waals surface area contributed by atoms with Gasteiger partial charge in [-0.3, -0.25) is 0 Å². The molecule has 28 heavy (non-hydrogen) atoms. The highest BCUT2D eigenvalue weighted by Crippen LogP contribution is 2.44. The van der Waals surface area contributed by atoms with Gasteiger partial charge in [0.15, 0.2) is 0 Å². The zero-order valence-electron chi connectivity index (χ0n) is 15.1. The second-order valence-corrected chi connectivity index (χ2v) is 6.77. The topological polar surface area (TPSA) is 58.6 Å². The van der Waals surface area contributed by atoms with E-state index in [0.717, 1.165) is 11.1 Å². The lowest BCUT2D eigenvalue weighted by Gasteiger charge is -2.16. The predicted molar refractivity (Wildman–Crippen MR) is 104 cm³/mol. The largest absolute Gasteiger partial charge is 0.449 e. The zero-order valence-corrected chi connectivity index (χ0v) is 15.1. The Labute approximate surface area is 162 Å². The molecule has 1 amide bonds. The normalized spacial score (nSPS) is 13.5. The van der Waals surface area contributed by atoms with Crippen molar-refractivity contribution in [3.05, 3.63) is 95.3 Å². The molecule has 0 aromatic heterocycles. The SMILES string of the molecule is O=C(NCC(O)c1ccc(F)cc1)OCC1c2ccccc2-c2ccccc21. The molecule has 3 aromatic rings. The van der Waals surface area contributed by atoms with Crippen molar-refractivity contribution in [3.8, 4) is 11.1 Å². The molecule has 0 saturated heterocycles. The van der Waals surface area contributed by atoms with Gasteiger partial charge in [0.1, 0.15) is 12.4 Å². The van der Waals surface area contributed by atoms with Crippen molar-refractivity contribution >= 4 is 6.09 Å². The van der Waals surface area contributed by atoms with Gasteiger partial charge in [-0.25, -0.2) is 9.18 Å². The second kappa shape index (κ2) is 7.82. The molecule has 4 rings (SSSR count). The molecule has 0 bridgehead atoms. The number of amides is 1. The van der Waals surface area contributed by atoms with E-state index in [9.17, 15) is 14.3 Å². The van der Waals surface area contributed by atoms with Crippen LogP contribution in [0.2, 0.25) is 0 Å². The molecule has 0 aliphatic heterocycles. The predicted octanol–water partition coefficient (Wildman–Crippen LogP) is 4.40. The summed E-state index contributed by atoms with van der Waals surface area (Å²) in [7, 11) is 0. The van der Waals surface area contributed by atoms with E-state index in [-0.39, 0.29) is 24.9 Å². The third kappa shape index (κ3) is 3.62. The summed E-state index contributed by atoms with van der Waals surface area (Å²) >= 11 is 0. The number of benzene rings is 3. The highest BCUT2D eigenvalue weighted by atomic mass is 19.1. The average Bonchev–Trinajstić information content (AvgIpc) is 3.05. The fraction of sp³-hybridized carbons (Fsp3) is 0.174. The summed E-state index contributed by atoms with van der Waals surface area (Å²) in [6.07, 6.45) is -1.52. The molecule has 1 aliphatic rings. The molecule has 5 heteroatoms. The van der Waals surface area contributed by atoms with Gasteiger partial charge < -0.3 is 15.2 Å². The molecule has 0 heterocycles. The molecule has 0 saturated carbocycles. The summed E-state index contributed by atoms with van der Waals surface area (Å²) in [5.41, 5.74) is 5.14. The Morgan fingerprint density at radius 2 is 1.54 bits per heavy atom. The second-order valence-electron chi connectivity index (χ2n) is 6.77. The van der Waals surface area contributed by atoms with Crippen LogP contribution in [0.5, 0.6) is 0 Å². The molecule has 2 N–H and O–H groups in total. The number of aliphatic hydroxyl groups excluding tert-OH is 1. The van der Waals surface area contributed by atoms with Crippen molar-refractivity contribution in [3.63, 3.8) is 0 Å². The standard InChI is InChI=1S/C23H20FNO3/c24-16-11-9-15(10-12-16)22(26)13-25-23(27)28-14-21-19-7-3-1-5-17(19)18-6-2-4-8-20(18)21/h1-12,21-22,26H,13-14H2,(H,25,27). The number of ether oxygens (including phenoxy) is 1. The number of alkyl carbamates (subject to hydrolysis) is 1. The van der Waals surface area contributed by atoms with Crippen molar-refractivity contribution in [2.24, 2.45) is 0 Å². The van der Waals surface area contributed by atoms with Crippen LogP contribution in [0.15, 0.2) is 72.8 Å². The molecule has 4 nitrogen and oxygen atoms in total. The highest BCUT2D eigenvalue weighted by Gasteiger charge is 2.29. The summed E-state index contributed by atoms with van der Waals surface area (Å²) in [6.45, 7) is 0.203. The Morgan fingerprint density at radius 3 is 2.14 bits per heavy atom. The van der Waals surface area contributed by atoms with E-state index in [4.69, 9.17) is 4.74 Å². The van der Waals surface area contributed by atoms with Gasteiger partial charge in [0.2, 0.25) is 0 Å². The Bertz CT molecular complexity index is 942. The van der Waals surface area contributed by atoms with Crippen LogP contribution in [-0.2, 0) is 4.74 Å². The van der Waals surface area contributed by atoms with Gasteiger partial charge in [-0.1, -0.05) is 60.7 Å². The molecule has 1 aliphatic carbocycles. The number of fused-ring (bicyclic) bond motifs is 3. The van der Waals surface area contributed by atoms with Crippen molar-refractivity contribution in [2.75, 3.05) is 13.2 Å². The van der Waals surface area contributed by atoms with Gasteiger partial charge in [0, 0.05) is 5.92 Å². The first kappa shape index (κ1) is 18.2. The van der Waals surface area contributed by atoms with Crippen LogP contribution in [0.4, 0.5) is 9.18 Å². The van der Waals surface area contributed by atoms with Crippen LogP contribution in [-0.4, -0.2) is 24.4 Å². The molecular formula is C23H20FNO3. The van der Waals surface area contributed by atoms with Gasteiger partial charge in [0.05, 0.1) is 12.6 Å². The molecule has 0 fully saturated rings. The Hall–Kier alpha value is -3.18. The van der Waals surface area contributed by atoms with Gasteiger partial charge >= 0.3 is 6.09 Å². The van der Waals surface area contributed by atoms with E-state index in [2.05, 4.69) is 29.6 Å². The number of carbonyl (C=O) groups is 1. The summed E-state index contributed by atoms with van der Waals surface area (Å²) in [6, 6.07) is 21.7. The summed E-state index contributed by atoms with van der Waals surface area (Å²) in [5.74, 6) is -0.388. The van der Waals surface area contributed by atoms with E-state index in [1.165, 1.54) is 35.4 Å². The number of hydrogen-bond donors (Lipinski definition) is 2. The van der Waals surface area contributed by atoms with Gasteiger partial charge in [-0.2, -0.15) is 0 Å². The molecular weight excluding hydrogens is 357 g/mol. The van der Waals surface area contributed by atoms with Crippen LogP contribution >= 0.6 is 0 Å². The third-order valence-corrected chi connectivity index (χ3v) is 5.04. The van der Waals surface area contributed by atoms with E-state index in [1.807, 2.05) is 24.3 Å². The number of aliphatic hydroxyl groups is 1. The maximum Gasteiger partial charge on any atom is 0.407 e. The number of hydrogen-bond acceptors (Lipinski definition) is 3. The van der Waals surface area contributed by atoms with Crippen molar-refractivity contribution in [2.45, 2.75) is 12.0 Å². The lowest BCUT2D eigenvalue weighted by molar-refractivity contribution is 0.128. The van der Waals surface area contributed by atoms with Crippen molar-refractivity contribution in [1.82, 2.24) is 5.32 Å². The molecule has 0 spiro atoms. The zero-order chi connectivity index (χ0) is 19.5. The summed E-state index contributed by atoms with van der Waals surface area (Å²) < 4.78 is 18.4. The molecule has 1 unspecified atom stereocenters. The van der Waals surface area contributed by atoms with E-state index >= 15 is 0 Å². The number of carbonyl (C=O) groups excluding carboxylic acids is 1. The lowest BCUT2D eigenvalue weighted by atomic mass is 9.98. The van der Waals surface area contributed by atoms with Crippen LogP contribution in [0.1, 0.15) is 28.7 Å². The van der Waals surface area contributed by atoms with Crippen molar-refractivity contribution < 1.29 is 19.0 Å². The maximum atomic E-state index is 13.0. The third-order valence-electron chi connectivity index (χ3n) is 5.04. The molecule has 142 valence electrons. The van der Waals surface area contributed by atoms with Crippen LogP contribution in [0, 0.1) is 5.82 Å². The van der Waals surface area contributed by atoms with Gasteiger partial charge in [-0.05, 0) is 39.9 Å². The Kier molecular flexibility index (Phi) is 5.08. The fourth-order valence-electron chi connectivity index (χ4n) is 3.63. The Morgan fingerprint density at radius 1 is 0.964 bits per heavy atom. The quantitative estimate of drug-likeness (QED) is 0.693. The van der Waals surface area contributed by atoms with Gasteiger partial charge in [0.25, 0.3) is 0 Å². The minimum Gasteiger partial charge on any atom is -0.449 e. The minimum absolute atomic E-state index is 0.0116. The first-order valence-electron chi connectivity index (χ1n) is 9.16. The first-order chi connectivity index (χ1) is 13.6. The van der Waals surface area contributed by atoms with Crippen molar-refractivity contribution in [1.29, 1.82) is 0 Å². The van der Waals surface area contributed by atoms with Crippen LogP contribution in [0.25, 0.3) is 11.1 Å². The number of halogens is 1. The van der Waals surface area contributed by atoms with E-state index in [1.54, 1.807) is 0 Å². The van der Waals surface area contributed by atoms with Crippen LogP contribution < -0.4 is 5.32 Å². The average molecular weight is 377 g/mol. The lowest BCUT2D eigenvalue weighted by Crippen LogP contribution is -2.30. The molecule has 3 aromatic carbocycles. The monoisotopic (exact) mass is 377 g/mol. The van der Waals surface area contributed by atoms with E-state index in [0.29, 0.717) is 5.56 Å². The molecule has 1 atom stereocenters. The first-order valence-corrected chi connectivity index (χ1v) is 9.16. The minimum atomic E-state index is -0.930. The smallest absolute Gasteiger partial charge is 0.407 e. The number of nitrogens with one attached hydrogen (secondary N) is 1. The Balaban J connectivity index is 1.37. The summed E-state index contributed by atoms with van der Waals surface area (Å²) in [5, 5.41) is 12.7. The summed E-state index contributed by atoms with van der Waals surface area (Å²) in [4.78, 5) is 12.1. The fourth-order valence-corrected chi connectivity index (χ4v) is 3.63. The molecule has 0 radical (unpaired) electrons. The number of rotatable bonds is 5. The van der Waals surface area contributed by atoms with Gasteiger partial charge in [-0.15, -0.1) is 0 Å².